The van der Waals surface area contributed by atoms with E-state index in [-0.39, 0.29) is 24.3 Å². The Labute approximate surface area is 127 Å². The molecule has 0 spiro atoms. The van der Waals surface area contributed by atoms with Crippen LogP contribution >= 0.6 is 0 Å². The lowest BCUT2D eigenvalue weighted by Gasteiger charge is -2.32. The van der Waals surface area contributed by atoms with Gasteiger partial charge in [0.2, 0.25) is 0 Å². The number of carbonyl (C=O) groups is 1. The number of piperidine rings is 1. The van der Waals surface area contributed by atoms with E-state index in [1.165, 1.54) is 12.1 Å². The zero-order valence-corrected chi connectivity index (χ0v) is 12.3. The average molecular weight is 316 g/mol. The molecule has 1 saturated heterocycles. The maximum Gasteiger partial charge on any atom is 0.416 e. The molecule has 0 radical (unpaired) electrons. The Morgan fingerprint density at radius 3 is 2.64 bits per heavy atom. The Bertz CT molecular complexity index is 503. The molecule has 2 rings (SSSR count). The molecule has 1 aromatic carbocycles. The third-order valence-electron chi connectivity index (χ3n) is 3.73. The molecule has 1 atom stereocenters. The third kappa shape index (κ3) is 4.37. The van der Waals surface area contributed by atoms with Gasteiger partial charge in [0.25, 0.3) is 5.91 Å². The van der Waals surface area contributed by atoms with E-state index in [0.29, 0.717) is 13.1 Å². The van der Waals surface area contributed by atoms with Crippen molar-refractivity contribution in [2.45, 2.75) is 25.1 Å². The highest BCUT2D eigenvalue weighted by atomic mass is 19.4. The summed E-state index contributed by atoms with van der Waals surface area (Å²) in [5.41, 5.74) is -0.737. The topological polar surface area (TPSA) is 41.6 Å². The predicted molar refractivity (Wildman–Crippen MR) is 75.6 cm³/mol. The number of nitrogens with zero attached hydrogens (tertiary/aromatic N) is 1. The van der Waals surface area contributed by atoms with Crippen molar-refractivity contribution in [3.63, 3.8) is 0 Å². The number of ether oxygens (including phenoxy) is 1. The van der Waals surface area contributed by atoms with Gasteiger partial charge in [0.15, 0.2) is 6.61 Å². The summed E-state index contributed by atoms with van der Waals surface area (Å²) in [6.07, 6.45) is -2.41. The van der Waals surface area contributed by atoms with E-state index in [2.05, 4.69) is 5.32 Å². The first-order chi connectivity index (χ1) is 10.4. The maximum absolute atomic E-state index is 12.4. The number of amides is 1. The van der Waals surface area contributed by atoms with Crippen LogP contribution < -0.4 is 10.1 Å². The van der Waals surface area contributed by atoms with Crippen LogP contribution in [0.3, 0.4) is 0 Å². The van der Waals surface area contributed by atoms with Crippen LogP contribution in [0.5, 0.6) is 5.75 Å². The van der Waals surface area contributed by atoms with Crippen LogP contribution in [-0.2, 0) is 11.0 Å². The van der Waals surface area contributed by atoms with E-state index >= 15 is 0 Å². The molecule has 0 unspecified atom stereocenters. The van der Waals surface area contributed by atoms with Gasteiger partial charge in [-0.1, -0.05) is 0 Å². The van der Waals surface area contributed by atoms with Gasteiger partial charge in [0.05, 0.1) is 5.56 Å². The van der Waals surface area contributed by atoms with Gasteiger partial charge in [0.1, 0.15) is 5.75 Å². The molecule has 1 aliphatic heterocycles. The number of hydrogen-bond acceptors (Lipinski definition) is 3. The summed E-state index contributed by atoms with van der Waals surface area (Å²) in [5.74, 6) is 0.100. The Morgan fingerprint density at radius 2 is 2.05 bits per heavy atom. The molecule has 1 N–H and O–H groups in total. The Hall–Kier alpha value is -1.76. The average Bonchev–Trinajstić information content (AvgIpc) is 2.52. The van der Waals surface area contributed by atoms with Gasteiger partial charge < -0.3 is 15.0 Å². The van der Waals surface area contributed by atoms with Gasteiger partial charge in [-0.3, -0.25) is 4.79 Å². The van der Waals surface area contributed by atoms with Crippen LogP contribution in [0.2, 0.25) is 0 Å². The van der Waals surface area contributed by atoms with E-state index in [4.69, 9.17) is 4.74 Å². The van der Waals surface area contributed by atoms with Crippen molar-refractivity contribution in [3.05, 3.63) is 29.8 Å². The number of benzene rings is 1. The van der Waals surface area contributed by atoms with Crippen molar-refractivity contribution in [1.82, 2.24) is 10.2 Å². The summed E-state index contributed by atoms with van der Waals surface area (Å²) in [7, 11) is 1.86. The second-order valence-corrected chi connectivity index (χ2v) is 5.28. The quantitative estimate of drug-likeness (QED) is 0.927. The SMILES string of the molecule is CN[C@H]1CCCN(C(=O)COc2ccc(C(F)(F)F)cc2)C1. The van der Waals surface area contributed by atoms with Gasteiger partial charge in [-0.05, 0) is 44.2 Å². The van der Waals surface area contributed by atoms with Crippen molar-refractivity contribution >= 4 is 5.91 Å². The smallest absolute Gasteiger partial charge is 0.416 e. The Balaban J connectivity index is 1.86. The molecule has 0 bridgehead atoms. The number of rotatable bonds is 4. The summed E-state index contributed by atoms with van der Waals surface area (Å²) in [4.78, 5) is 13.8. The fraction of sp³-hybridized carbons (Fsp3) is 0.533. The van der Waals surface area contributed by atoms with Crippen LogP contribution in [0.1, 0.15) is 18.4 Å². The molecule has 1 aromatic rings. The van der Waals surface area contributed by atoms with Crippen LogP contribution in [0.25, 0.3) is 0 Å². The largest absolute Gasteiger partial charge is 0.484 e. The number of likely N-dealkylation sites (N-methyl/N-ethyl adjacent to an activating group) is 1. The van der Waals surface area contributed by atoms with Gasteiger partial charge >= 0.3 is 6.18 Å². The normalized spacial score (nSPS) is 19.1. The van der Waals surface area contributed by atoms with E-state index in [0.717, 1.165) is 25.0 Å². The molecule has 4 nitrogen and oxygen atoms in total. The van der Waals surface area contributed by atoms with Crippen molar-refractivity contribution in [2.24, 2.45) is 0 Å². The van der Waals surface area contributed by atoms with Crippen molar-refractivity contribution in [1.29, 1.82) is 0 Å². The molecular formula is C15H19F3N2O2. The highest BCUT2D eigenvalue weighted by Crippen LogP contribution is 2.30. The zero-order valence-electron chi connectivity index (χ0n) is 12.3. The van der Waals surface area contributed by atoms with Gasteiger partial charge in [-0.15, -0.1) is 0 Å². The number of likely N-dealkylation sites (tertiary alicyclic amines) is 1. The number of carbonyl (C=O) groups excluding carboxylic acids is 1. The second kappa shape index (κ2) is 7.00. The minimum absolute atomic E-state index is 0.153. The van der Waals surface area contributed by atoms with E-state index in [1.54, 1.807) is 4.90 Å². The number of halogens is 3. The molecule has 1 heterocycles. The van der Waals surface area contributed by atoms with Crippen molar-refractivity contribution in [2.75, 3.05) is 26.7 Å². The summed E-state index contributed by atoms with van der Waals surface area (Å²) in [6.45, 7) is 1.15. The first-order valence-corrected chi connectivity index (χ1v) is 7.15. The fourth-order valence-electron chi connectivity index (χ4n) is 2.42. The van der Waals surface area contributed by atoms with Crippen molar-refractivity contribution < 1.29 is 22.7 Å². The minimum atomic E-state index is -4.37. The van der Waals surface area contributed by atoms with E-state index in [9.17, 15) is 18.0 Å². The molecule has 1 aliphatic rings. The van der Waals surface area contributed by atoms with E-state index in [1.807, 2.05) is 7.05 Å². The summed E-state index contributed by atoms with van der Waals surface area (Å²) in [5, 5.41) is 3.14. The lowest BCUT2D eigenvalue weighted by Crippen LogP contribution is -2.48. The van der Waals surface area contributed by atoms with Crippen LogP contribution in [0, 0.1) is 0 Å². The Kier molecular flexibility index (Phi) is 5.28. The standard InChI is InChI=1S/C15H19F3N2O2/c1-19-12-3-2-8-20(9-12)14(21)10-22-13-6-4-11(5-7-13)15(16,17)18/h4-7,12,19H,2-3,8-10H2,1H3/t12-/m0/s1. The number of nitrogens with one attached hydrogen (secondary N) is 1. The molecule has 1 fully saturated rings. The molecule has 1 amide bonds. The number of alkyl halides is 3. The third-order valence-corrected chi connectivity index (χ3v) is 3.73. The molecule has 0 aromatic heterocycles. The second-order valence-electron chi connectivity index (χ2n) is 5.28. The predicted octanol–water partition coefficient (Wildman–Crippen LogP) is 2.29. The maximum atomic E-state index is 12.4. The highest BCUT2D eigenvalue weighted by molar-refractivity contribution is 5.77. The first-order valence-electron chi connectivity index (χ1n) is 7.15. The first kappa shape index (κ1) is 16.6. The van der Waals surface area contributed by atoms with Gasteiger partial charge in [0, 0.05) is 19.1 Å². The fourth-order valence-corrected chi connectivity index (χ4v) is 2.42. The summed E-state index contributed by atoms with van der Waals surface area (Å²) >= 11 is 0. The minimum Gasteiger partial charge on any atom is -0.484 e. The van der Waals surface area contributed by atoms with Crippen LogP contribution in [0.15, 0.2) is 24.3 Å². The van der Waals surface area contributed by atoms with E-state index < -0.39 is 11.7 Å². The van der Waals surface area contributed by atoms with Crippen molar-refractivity contribution in [3.8, 4) is 5.75 Å². The van der Waals surface area contributed by atoms with Crippen LogP contribution in [0.4, 0.5) is 13.2 Å². The number of hydrogen-bond donors (Lipinski definition) is 1. The molecule has 0 saturated carbocycles. The van der Waals surface area contributed by atoms with Crippen LogP contribution in [-0.4, -0.2) is 43.6 Å². The summed E-state index contributed by atoms with van der Waals surface area (Å²) in [6, 6.07) is 4.62. The van der Waals surface area contributed by atoms with Gasteiger partial charge in [-0.25, -0.2) is 0 Å². The Morgan fingerprint density at radius 1 is 1.36 bits per heavy atom. The van der Waals surface area contributed by atoms with Gasteiger partial charge in [-0.2, -0.15) is 13.2 Å². The zero-order chi connectivity index (χ0) is 16.2. The highest BCUT2D eigenvalue weighted by Gasteiger charge is 2.30. The lowest BCUT2D eigenvalue weighted by atomic mass is 10.1. The molecule has 0 aliphatic carbocycles. The lowest BCUT2D eigenvalue weighted by molar-refractivity contribution is -0.138. The molecular weight excluding hydrogens is 297 g/mol. The monoisotopic (exact) mass is 316 g/mol. The summed E-state index contributed by atoms with van der Waals surface area (Å²) < 4.78 is 42.6. The molecule has 122 valence electrons. The molecule has 7 heteroatoms. The molecule has 22 heavy (non-hydrogen) atoms.